The molecule has 9 nitrogen and oxygen atoms in total. The summed E-state index contributed by atoms with van der Waals surface area (Å²) in [7, 11) is 0. The molecule has 0 unspecified atom stereocenters. The second kappa shape index (κ2) is 10.0. The zero-order valence-corrected chi connectivity index (χ0v) is 19.7. The fraction of sp³-hybridized carbons (Fsp3) is 0.360. The lowest BCUT2D eigenvalue weighted by molar-refractivity contribution is -0.122. The lowest BCUT2D eigenvalue weighted by Crippen LogP contribution is -2.32. The Morgan fingerprint density at radius 3 is 2.56 bits per heavy atom. The molecule has 2 heterocycles. The van der Waals surface area contributed by atoms with Crippen molar-refractivity contribution in [3.8, 4) is 0 Å². The fourth-order valence-electron chi connectivity index (χ4n) is 3.81. The molecule has 0 saturated carbocycles. The third-order valence-electron chi connectivity index (χ3n) is 5.57. The molecule has 9 heteroatoms. The van der Waals surface area contributed by atoms with Crippen LogP contribution in [-0.2, 0) is 29.2 Å². The van der Waals surface area contributed by atoms with Crippen LogP contribution in [0.25, 0.3) is 16.7 Å². The predicted molar refractivity (Wildman–Crippen MR) is 130 cm³/mol. The zero-order chi connectivity index (χ0) is 24.2. The van der Waals surface area contributed by atoms with Crippen LogP contribution in [0.3, 0.4) is 0 Å². The highest BCUT2D eigenvalue weighted by atomic mass is 16.5. The molecule has 178 valence electrons. The van der Waals surface area contributed by atoms with Crippen LogP contribution < -0.4 is 16.6 Å². The molecule has 0 aliphatic carbocycles. The monoisotopic (exact) mass is 463 g/mol. The summed E-state index contributed by atoms with van der Waals surface area (Å²) in [4.78, 5) is 39.0. The Bertz CT molecular complexity index is 1430. The number of aryl methyl sites for hydroxylation is 2. The first-order valence-corrected chi connectivity index (χ1v) is 11.4. The van der Waals surface area contributed by atoms with Gasteiger partial charge < -0.3 is 10.1 Å². The molecule has 2 aromatic heterocycles. The van der Waals surface area contributed by atoms with Crippen LogP contribution in [0.15, 0.2) is 58.1 Å². The summed E-state index contributed by atoms with van der Waals surface area (Å²) in [6.45, 7) is 6.83. The van der Waals surface area contributed by atoms with Gasteiger partial charge in [-0.05, 0) is 44.9 Å². The number of carbonyl (C=O) groups is 1. The molecule has 34 heavy (non-hydrogen) atoms. The fourth-order valence-corrected chi connectivity index (χ4v) is 3.81. The predicted octanol–water partition coefficient (Wildman–Crippen LogP) is 2.25. The maximum absolute atomic E-state index is 13.2. The normalized spacial score (nSPS) is 11.5. The van der Waals surface area contributed by atoms with Crippen molar-refractivity contribution in [1.29, 1.82) is 0 Å². The van der Waals surface area contributed by atoms with E-state index < -0.39 is 5.69 Å². The third kappa shape index (κ3) is 4.94. The van der Waals surface area contributed by atoms with Crippen LogP contribution in [0.2, 0.25) is 0 Å². The Kier molecular flexibility index (Phi) is 6.93. The summed E-state index contributed by atoms with van der Waals surface area (Å²) in [5, 5.41) is 7.61. The van der Waals surface area contributed by atoms with Gasteiger partial charge >= 0.3 is 5.69 Å². The molecule has 1 N–H and O–H groups in total. The molecular weight excluding hydrogens is 434 g/mol. The summed E-state index contributed by atoms with van der Waals surface area (Å²) in [5.74, 6) is -0.126. The number of nitrogens with one attached hydrogen (secondary N) is 1. The van der Waals surface area contributed by atoms with Crippen molar-refractivity contribution in [3.05, 3.63) is 80.5 Å². The lowest BCUT2D eigenvalue weighted by atomic mass is 10.1. The van der Waals surface area contributed by atoms with Crippen molar-refractivity contribution in [1.82, 2.24) is 24.1 Å². The second-order valence-corrected chi connectivity index (χ2v) is 8.59. The van der Waals surface area contributed by atoms with Crippen molar-refractivity contribution < 1.29 is 9.53 Å². The van der Waals surface area contributed by atoms with Gasteiger partial charge in [-0.1, -0.05) is 42.0 Å². The van der Waals surface area contributed by atoms with Gasteiger partial charge in [0.15, 0.2) is 0 Å². The number of hydrogen-bond acceptors (Lipinski definition) is 5. The Labute approximate surface area is 196 Å². The van der Waals surface area contributed by atoms with E-state index in [1.807, 2.05) is 45.0 Å². The van der Waals surface area contributed by atoms with Crippen molar-refractivity contribution in [2.75, 3.05) is 6.61 Å². The Hall–Kier alpha value is -3.72. The molecule has 2 aromatic carbocycles. The topological polar surface area (TPSA) is 99.6 Å². The Balaban J connectivity index is 1.63. The van der Waals surface area contributed by atoms with Crippen molar-refractivity contribution in [3.63, 3.8) is 0 Å². The highest BCUT2D eigenvalue weighted by Gasteiger charge is 2.18. The highest BCUT2D eigenvalue weighted by Crippen LogP contribution is 2.11. The highest BCUT2D eigenvalue weighted by molar-refractivity contribution is 5.80. The average molecular weight is 464 g/mol. The van der Waals surface area contributed by atoms with Crippen molar-refractivity contribution in [2.24, 2.45) is 0 Å². The van der Waals surface area contributed by atoms with Gasteiger partial charge in [-0.2, -0.15) is 0 Å². The lowest BCUT2D eigenvalue weighted by Gasteiger charge is -2.11. The summed E-state index contributed by atoms with van der Waals surface area (Å²) < 4.78 is 9.57. The summed E-state index contributed by atoms with van der Waals surface area (Å²) >= 11 is 0. The number of para-hydroxylation sites is 1. The van der Waals surface area contributed by atoms with E-state index in [0.717, 1.165) is 15.8 Å². The number of hydrogen-bond donors (Lipinski definition) is 1. The number of rotatable bonds is 9. The number of ether oxygens (including phenoxy) is 1. The quantitative estimate of drug-likeness (QED) is 0.384. The third-order valence-corrected chi connectivity index (χ3v) is 5.57. The van der Waals surface area contributed by atoms with E-state index in [1.54, 1.807) is 24.3 Å². The standard InChI is InChI=1S/C25H29N5O4/c1-17(2)34-14-6-13-28-23(32)20-7-4-5-8-21(20)30-24(28)27-29(25(30)33)16-22(31)26-15-19-11-9-18(3)10-12-19/h4-5,7-12,17H,6,13-16H2,1-3H3,(H,26,31). The van der Waals surface area contributed by atoms with E-state index in [0.29, 0.717) is 37.0 Å². The van der Waals surface area contributed by atoms with Crippen LogP contribution in [0.1, 0.15) is 31.4 Å². The SMILES string of the molecule is Cc1ccc(CNC(=O)Cn2nc3n(CCCOC(C)C)c(=O)c4ccccc4n3c2=O)cc1. The summed E-state index contributed by atoms with van der Waals surface area (Å²) in [6.07, 6.45) is 0.679. The van der Waals surface area contributed by atoms with Gasteiger partial charge in [0.2, 0.25) is 11.7 Å². The molecule has 4 aromatic rings. The number of carbonyl (C=O) groups excluding carboxylic acids is 1. The zero-order valence-electron chi connectivity index (χ0n) is 19.7. The minimum Gasteiger partial charge on any atom is -0.379 e. The van der Waals surface area contributed by atoms with Gasteiger partial charge in [0.25, 0.3) is 5.56 Å². The number of fused-ring (bicyclic) bond motifs is 3. The number of aromatic nitrogens is 4. The van der Waals surface area contributed by atoms with Gasteiger partial charge in [-0.25, -0.2) is 13.9 Å². The van der Waals surface area contributed by atoms with Gasteiger partial charge in [0.05, 0.1) is 17.0 Å². The first kappa shape index (κ1) is 23.4. The molecule has 0 spiro atoms. The summed E-state index contributed by atoms with van der Waals surface area (Å²) in [6, 6.07) is 14.8. The second-order valence-electron chi connectivity index (χ2n) is 8.59. The Morgan fingerprint density at radius 2 is 1.82 bits per heavy atom. The van der Waals surface area contributed by atoms with E-state index in [1.165, 1.54) is 8.97 Å². The maximum atomic E-state index is 13.2. The molecule has 0 atom stereocenters. The summed E-state index contributed by atoms with van der Waals surface area (Å²) in [5.41, 5.74) is 1.87. The minimum absolute atomic E-state index is 0.0913. The number of amides is 1. The Morgan fingerprint density at radius 1 is 1.09 bits per heavy atom. The molecule has 0 fully saturated rings. The van der Waals surface area contributed by atoms with Crippen LogP contribution in [0.4, 0.5) is 0 Å². The first-order chi connectivity index (χ1) is 16.3. The first-order valence-electron chi connectivity index (χ1n) is 11.4. The van der Waals surface area contributed by atoms with Crippen molar-refractivity contribution in [2.45, 2.75) is 52.9 Å². The molecule has 1 amide bonds. The molecule has 4 rings (SSSR count). The van der Waals surface area contributed by atoms with E-state index in [9.17, 15) is 14.4 Å². The average Bonchev–Trinajstić information content (AvgIpc) is 3.13. The number of nitrogens with zero attached hydrogens (tertiary/aromatic N) is 4. The van der Waals surface area contributed by atoms with Gasteiger partial charge in [-0.15, -0.1) is 5.10 Å². The smallest absolute Gasteiger partial charge is 0.352 e. The van der Waals surface area contributed by atoms with Crippen molar-refractivity contribution >= 4 is 22.6 Å². The van der Waals surface area contributed by atoms with E-state index in [4.69, 9.17) is 4.74 Å². The molecule has 0 aliphatic rings. The van der Waals surface area contributed by atoms with E-state index in [2.05, 4.69) is 10.4 Å². The number of benzene rings is 2. The molecule has 0 bridgehead atoms. The minimum atomic E-state index is -0.469. The van der Waals surface area contributed by atoms with Crippen LogP contribution >= 0.6 is 0 Å². The van der Waals surface area contributed by atoms with Crippen LogP contribution in [0, 0.1) is 6.92 Å². The van der Waals surface area contributed by atoms with Gasteiger partial charge in [-0.3, -0.25) is 14.2 Å². The van der Waals surface area contributed by atoms with Gasteiger partial charge in [0, 0.05) is 19.7 Å². The molecule has 0 saturated heterocycles. The maximum Gasteiger partial charge on any atom is 0.352 e. The largest absolute Gasteiger partial charge is 0.379 e. The van der Waals surface area contributed by atoms with E-state index in [-0.39, 0.29) is 29.9 Å². The van der Waals surface area contributed by atoms with E-state index >= 15 is 0 Å². The molecular formula is C25H29N5O4. The van der Waals surface area contributed by atoms with Gasteiger partial charge in [0.1, 0.15) is 6.54 Å². The molecule has 0 radical (unpaired) electrons. The van der Waals surface area contributed by atoms with Crippen LogP contribution in [0.5, 0.6) is 0 Å². The molecule has 0 aliphatic heterocycles. The van der Waals surface area contributed by atoms with Crippen LogP contribution in [-0.4, -0.2) is 37.4 Å².